The van der Waals surface area contributed by atoms with E-state index in [-0.39, 0.29) is 89.3 Å². The number of nitrogen functional groups attached to an aromatic ring is 3. The Labute approximate surface area is 842 Å². The maximum atomic E-state index is 16.3. The summed E-state index contributed by atoms with van der Waals surface area (Å²) in [5, 5.41) is 9.09. The molecule has 20 atom stereocenters. The fourth-order valence-corrected chi connectivity index (χ4v) is 24.7. The van der Waals surface area contributed by atoms with E-state index >= 15 is 18.3 Å². The van der Waals surface area contributed by atoms with Crippen LogP contribution in [0.15, 0.2) is 82.7 Å². The van der Waals surface area contributed by atoms with Crippen molar-refractivity contribution in [2.24, 2.45) is 27.1 Å². The summed E-state index contributed by atoms with van der Waals surface area (Å²) < 4.78 is 200. The van der Waals surface area contributed by atoms with Gasteiger partial charge in [0.2, 0.25) is 0 Å². The minimum atomic E-state index is -5.47. The third kappa shape index (κ3) is 34.4. The van der Waals surface area contributed by atoms with Crippen molar-refractivity contribution in [3.63, 3.8) is 0 Å². The van der Waals surface area contributed by atoms with E-state index in [2.05, 4.69) is 24.9 Å². The van der Waals surface area contributed by atoms with Gasteiger partial charge < -0.3 is 50.9 Å². The zero-order valence-electron chi connectivity index (χ0n) is 81.6. The van der Waals surface area contributed by atoms with Crippen LogP contribution in [0.1, 0.15) is 178 Å². The summed E-state index contributed by atoms with van der Waals surface area (Å²) >= 11 is 3.95. The van der Waals surface area contributed by atoms with Gasteiger partial charge in [0.15, 0.2) is 25.6 Å². The Morgan fingerprint density at radius 2 is 0.594 bits per heavy atom. The molecule has 5 aliphatic heterocycles. The van der Waals surface area contributed by atoms with E-state index in [0.717, 1.165) is 87.8 Å². The number of thioether (sulfide) groups is 5. The molecule has 0 aliphatic carbocycles. The summed E-state index contributed by atoms with van der Waals surface area (Å²) in [7, 11) is -26.6. The minimum Gasteiger partial charge on any atom is -0.394 e. The second-order valence-electron chi connectivity index (χ2n) is 38.3. The molecule has 5 aromatic rings. The van der Waals surface area contributed by atoms with E-state index in [9.17, 15) is 72.1 Å². The van der Waals surface area contributed by atoms with Crippen molar-refractivity contribution in [2.75, 3.05) is 112 Å². The molecular weight excluding hydrogens is 2090 g/mol. The number of hydrogen-bond donors (Lipinski definition) is 7. The Hall–Kier alpha value is -6.19. The van der Waals surface area contributed by atoms with Crippen molar-refractivity contribution in [3.05, 3.63) is 133 Å². The van der Waals surface area contributed by atoms with Crippen LogP contribution >= 0.6 is 97.9 Å². The van der Waals surface area contributed by atoms with E-state index in [4.69, 9.17) is 104 Å². The van der Waals surface area contributed by atoms with E-state index in [0.29, 0.717) is 0 Å². The number of phosphoric ester groups is 5. The normalized spacial score (nSPS) is 25.1. The minimum absolute atomic E-state index is 0.0258. The smallest absolute Gasteiger partial charge is 0.394 e. The zero-order valence-corrected chi connectivity index (χ0v) is 90.2. The molecule has 10 rings (SSSR count). The highest BCUT2D eigenvalue weighted by molar-refractivity contribution is 8.14. The highest BCUT2D eigenvalue weighted by Crippen LogP contribution is 2.61. The van der Waals surface area contributed by atoms with Crippen molar-refractivity contribution < 1.29 is 144 Å². The monoisotopic (exact) mass is 2210 g/mol. The highest BCUT2D eigenvalue weighted by atomic mass is 32.2. The van der Waals surface area contributed by atoms with Gasteiger partial charge in [0.05, 0.1) is 66.1 Å². The Bertz CT molecular complexity index is 6040. The summed E-state index contributed by atoms with van der Waals surface area (Å²) in [5.41, 5.74) is 7.16. The predicted molar refractivity (Wildman–Crippen MR) is 523 cm³/mol. The lowest BCUT2D eigenvalue weighted by Crippen LogP contribution is -2.33. The van der Waals surface area contributed by atoms with Gasteiger partial charge in [-0.3, -0.25) is 130 Å². The molecule has 51 nitrogen and oxygen atoms in total. The fraction of sp³-hybridized carbons (Fsp3) is 0.695. The first-order valence-corrected chi connectivity index (χ1v) is 57.2. The summed E-state index contributed by atoms with van der Waals surface area (Å²) in [4.78, 5) is 187. The van der Waals surface area contributed by atoms with Gasteiger partial charge in [-0.15, -0.1) is 0 Å². The number of hydrogen-bond acceptors (Lipinski definition) is 48. The van der Waals surface area contributed by atoms with Gasteiger partial charge in [0.1, 0.15) is 110 Å². The van der Waals surface area contributed by atoms with Crippen molar-refractivity contribution in [2.45, 2.75) is 242 Å². The molecule has 0 saturated carbocycles. The van der Waals surface area contributed by atoms with Gasteiger partial charge in [-0.1, -0.05) is 163 Å². The molecule has 5 unspecified atom stereocenters. The number of aryl methyl sites for hydroxylation is 2. The van der Waals surface area contributed by atoms with Crippen LogP contribution in [-0.4, -0.2) is 239 Å². The number of carbonyl (C=O) groups excluding carboxylic acids is 5. The molecule has 800 valence electrons. The van der Waals surface area contributed by atoms with Crippen LogP contribution < -0.4 is 56.8 Å². The number of nitrogens with two attached hydrogens (primary N) is 3. The first kappa shape index (κ1) is 119. The van der Waals surface area contributed by atoms with Crippen molar-refractivity contribution in [1.82, 2.24) is 47.8 Å². The third-order valence-electron chi connectivity index (χ3n) is 21.3. The first-order valence-electron chi connectivity index (χ1n) is 44.9. The molecule has 0 radical (unpaired) electrons. The number of anilines is 3. The molecule has 5 aromatic heterocycles. The summed E-state index contributed by atoms with van der Waals surface area (Å²) in [6, 6.07) is 3.69. The maximum absolute atomic E-state index is 16.3. The van der Waals surface area contributed by atoms with Crippen LogP contribution in [0, 0.1) is 40.9 Å². The quantitative estimate of drug-likeness (QED) is 0.0141. The van der Waals surface area contributed by atoms with Gasteiger partial charge in [-0.05, 0) is 32.0 Å². The fourth-order valence-electron chi connectivity index (χ4n) is 13.6. The Morgan fingerprint density at radius 1 is 0.371 bits per heavy atom. The number of aliphatic hydroxyl groups excluding tert-OH is 1. The van der Waals surface area contributed by atoms with Crippen molar-refractivity contribution in [1.29, 1.82) is 0 Å². The van der Waals surface area contributed by atoms with Crippen LogP contribution in [0.2, 0.25) is 0 Å². The number of H-pyrrole nitrogens is 2. The lowest BCUT2D eigenvalue weighted by molar-refractivity contribution is -0.118. The maximum Gasteiger partial charge on any atom is 0.475 e. The largest absolute Gasteiger partial charge is 0.475 e. The van der Waals surface area contributed by atoms with Crippen molar-refractivity contribution in [3.8, 4) is 0 Å². The number of rotatable bonds is 48. The molecule has 5 aliphatic rings. The summed E-state index contributed by atoms with van der Waals surface area (Å²) in [5.74, 6) is -1.66. The zero-order chi connectivity index (χ0) is 106. The van der Waals surface area contributed by atoms with Crippen LogP contribution in [0.3, 0.4) is 0 Å². The molecule has 61 heteroatoms. The van der Waals surface area contributed by atoms with Crippen LogP contribution in [0.25, 0.3) is 0 Å². The molecule has 0 bridgehead atoms. The topological polar surface area (TPSA) is 679 Å². The predicted octanol–water partition coefficient (Wildman–Crippen LogP) is 8.79. The van der Waals surface area contributed by atoms with Crippen LogP contribution in [0.4, 0.5) is 17.5 Å². The van der Waals surface area contributed by atoms with E-state index < -0.39 is 290 Å². The number of phosphoric acid groups is 5. The highest BCUT2D eigenvalue weighted by Gasteiger charge is 2.53. The Kier molecular flexibility index (Phi) is 41.6. The lowest BCUT2D eigenvalue weighted by atomic mass is 9.99. The van der Waals surface area contributed by atoms with Gasteiger partial charge in [-0.25, -0.2) is 46.8 Å². The number of ether oxygens (including phenoxy) is 5. The van der Waals surface area contributed by atoms with Crippen LogP contribution in [0.5, 0.6) is 0 Å². The van der Waals surface area contributed by atoms with Gasteiger partial charge in [-0.2, -0.15) is 15.0 Å². The number of nitrogens with one attached hydrogen (secondary N) is 2. The van der Waals surface area contributed by atoms with Gasteiger partial charge >= 0.3 is 67.6 Å². The Balaban J connectivity index is 0.999. The number of aromatic amines is 2. The summed E-state index contributed by atoms with van der Waals surface area (Å²) in [6.45, 7) is 19.8. The standard InChI is InChI=1S/C82H124N13O38P5S5/c1-46-39-94(76(107)89-66(46)97)64-34-48(53(41-96)124-64)130-135(111,116-25-30-140-69(100)79(6,7)8)121-43-55-50(36-61(125-55)91-21-18-58(83)86-73(91)104)132-137(113,118-27-32-142-71(102)81(12,13)14)123-45-57-52(38-63(127-57)93-23-20-60(85)88-75(93)106)133-138(114,119-28-33-143-72(103)82(15,16)17)122-44-56-51(37-62(126-56)92-22-19-59(84)87-74(92)105)131-136(112,117-26-31-141-70(101)80(9,10)11)120-42-54-49(35-65(128-54)95-40-47(2)67(98)90-77(95)108)129-134(109,110)115-24-29-139-68(99)78(3,4)5/h18-23,39-40,48-57,61-65,96H,24-38,41-45H2,1-17H3,(H,109,110)(H2,83,86,104)(H2,84,87,105)(H2,85,88,106)(H,89,97,107)(H,90,98,108)/t48-,49-,50-,51-,52-,53+,54+,55+,56+,57+,61+,62+,63+,64+,65+,135?,136?,137?,138?/m0/s1. The van der Waals surface area contributed by atoms with Gasteiger partial charge in [0, 0.05) is 130 Å². The number of aliphatic hydroxyl groups is 1. The molecule has 143 heavy (non-hydrogen) atoms. The van der Waals surface area contributed by atoms with Gasteiger partial charge in [0.25, 0.3) is 11.1 Å². The average molecular weight is 2220 g/mol. The number of carbonyl (C=O) groups is 5. The van der Waals surface area contributed by atoms with Crippen LogP contribution in [-0.2, 0) is 134 Å². The second-order valence-corrected chi connectivity index (χ2v) is 51.6. The molecule has 10 N–H and O–H groups in total. The van der Waals surface area contributed by atoms with E-state index in [1.54, 1.807) is 104 Å². The molecule has 0 amide bonds. The molecule has 10 heterocycles. The van der Waals surface area contributed by atoms with E-state index in [1.807, 2.05) is 0 Å². The number of nitrogens with zero attached hydrogens (tertiary/aromatic N) is 8. The second kappa shape index (κ2) is 50.2. The van der Waals surface area contributed by atoms with E-state index in [1.165, 1.54) is 56.8 Å². The molecular formula is C82H124N13O38P5S5. The third-order valence-corrected chi connectivity index (χ3v) is 34.5. The molecule has 5 saturated heterocycles. The molecule has 0 aromatic carbocycles. The SMILES string of the molecule is Cc1cn([C@H]2C[C@H](OP(=O)(O)OCCSC(=O)C(C)(C)C)[C@@H](COP(=O)(OCCSC(=O)C(C)(C)C)O[C@H]3C[C@H](n4ccc(N)nc4=O)O[C@@H]3COP(=O)(OCCSC(=O)C(C)(C)C)O[C@H]3C[C@H](n4ccc(N)nc4=O)O[C@@H]3COP(=O)(OCCSC(=O)C(C)(C)C)O[C@H]3C[C@H](n4ccc(N)nc4=O)O[C@@H]3COP(=O)(OCCSC(=O)C(C)(C)C)O[C@H]3C[C@H](n4cc(C)c(=O)[nH]c4=O)O[C@@H]3CO)O2)c(=O)[nH]c1=O. The lowest BCUT2D eigenvalue weighted by Gasteiger charge is -2.29. The summed E-state index contributed by atoms with van der Waals surface area (Å²) in [6.07, 6.45) is -20.3. The molecule has 0 spiro atoms. The average Bonchev–Trinajstić information content (AvgIpc) is 1.65. The van der Waals surface area contributed by atoms with Crippen molar-refractivity contribution >= 4 is 141 Å². The first-order chi connectivity index (χ1) is 66.5. The Morgan fingerprint density at radius 3 is 0.832 bits per heavy atom. The molecule has 5 fully saturated rings. The number of aromatic nitrogens is 10.